The number of rotatable bonds is 6. The molecule has 0 amide bonds. The van der Waals surface area contributed by atoms with Gasteiger partial charge in [-0.05, 0) is 17.2 Å². The van der Waals surface area contributed by atoms with Crippen LogP contribution in [0.1, 0.15) is 11.1 Å². The zero-order valence-corrected chi connectivity index (χ0v) is 10.6. The van der Waals surface area contributed by atoms with Crippen molar-refractivity contribution in [3.05, 3.63) is 65.7 Å². The van der Waals surface area contributed by atoms with Gasteiger partial charge < -0.3 is 5.73 Å². The highest BCUT2D eigenvalue weighted by Gasteiger charge is 2.06. The molecule has 0 saturated heterocycles. The summed E-state index contributed by atoms with van der Waals surface area (Å²) in [6.07, 6.45) is -0.801. The molecule has 0 bridgehead atoms. The second kappa shape index (κ2) is 6.87. The summed E-state index contributed by atoms with van der Waals surface area (Å²) in [6, 6.07) is 17.1. The van der Waals surface area contributed by atoms with E-state index in [1.807, 2.05) is 54.6 Å². The average molecular weight is 259 g/mol. The number of nitrogens with one attached hydrogen (secondary N) is 2. The third-order valence-electron chi connectivity index (χ3n) is 2.85. The van der Waals surface area contributed by atoms with Crippen molar-refractivity contribution in [1.29, 1.82) is 0 Å². The lowest BCUT2D eigenvalue weighted by molar-refractivity contribution is 0.239. The van der Waals surface area contributed by atoms with Crippen LogP contribution in [0.4, 0.5) is 10.1 Å². The Morgan fingerprint density at radius 2 is 1.68 bits per heavy atom. The number of anilines is 1. The van der Waals surface area contributed by atoms with Gasteiger partial charge in [0.15, 0.2) is 6.30 Å². The molecule has 4 N–H and O–H groups in total. The molecule has 1 unspecified atom stereocenters. The maximum absolute atomic E-state index is 13.7. The molecule has 100 valence electrons. The zero-order chi connectivity index (χ0) is 13.5. The predicted molar refractivity (Wildman–Crippen MR) is 75.9 cm³/mol. The molecular formula is C15H18FN3. The highest BCUT2D eigenvalue weighted by molar-refractivity contribution is 5.46. The molecule has 0 aromatic heterocycles. The molecule has 0 aliphatic rings. The van der Waals surface area contributed by atoms with Gasteiger partial charge in [0.25, 0.3) is 0 Å². The SMILES string of the molecule is Nc1ccccc1CNNC(F)Cc1ccccc1. The molecule has 0 aliphatic heterocycles. The standard InChI is InChI=1S/C15H18FN3/c16-15(10-12-6-2-1-3-7-12)19-18-11-13-8-4-5-9-14(13)17/h1-9,15,18-19H,10-11,17H2. The molecule has 0 spiro atoms. The minimum Gasteiger partial charge on any atom is -0.398 e. The quantitative estimate of drug-likeness (QED) is 0.424. The van der Waals surface area contributed by atoms with Crippen LogP contribution in [-0.2, 0) is 13.0 Å². The third-order valence-corrected chi connectivity index (χ3v) is 2.85. The van der Waals surface area contributed by atoms with Crippen LogP contribution < -0.4 is 16.6 Å². The van der Waals surface area contributed by atoms with Gasteiger partial charge in [-0.2, -0.15) is 0 Å². The van der Waals surface area contributed by atoms with Crippen molar-refractivity contribution in [1.82, 2.24) is 10.9 Å². The molecule has 2 aromatic carbocycles. The summed E-state index contributed by atoms with van der Waals surface area (Å²) in [6.45, 7) is 0.488. The first kappa shape index (κ1) is 13.5. The van der Waals surface area contributed by atoms with Crippen molar-refractivity contribution >= 4 is 5.69 Å². The highest BCUT2D eigenvalue weighted by Crippen LogP contribution is 2.09. The third kappa shape index (κ3) is 4.35. The van der Waals surface area contributed by atoms with Gasteiger partial charge in [-0.3, -0.25) is 5.43 Å². The monoisotopic (exact) mass is 259 g/mol. The number of benzene rings is 2. The van der Waals surface area contributed by atoms with Crippen molar-refractivity contribution in [3.8, 4) is 0 Å². The Balaban J connectivity index is 1.75. The van der Waals surface area contributed by atoms with Gasteiger partial charge in [0.2, 0.25) is 0 Å². The van der Waals surface area contributed by atoms with Crippen LogP contribution in [0.15, 0.2) is 54.6 Å². The van der Waals surface area contributed by atoms with Crippen molar-refractivity contribution in [2.75, 3.05) is 5.73 Å². The van der Waals surface area contributed by atoms with Crippen LogP contribution >= 0.6 is 0 Å². The zero-order valence-electron chi connectivity index (χ0n) is 10.6. The van der Waals surface area contributed by atoms with E-state index in [1.165, 1.54) is 0 Å². The summed E-state index contributed by atoms with van der Waals surface area (Å²) in [7, 11) is 0. The van der Waals surface area contributed by atoms with Crippen LogP contribution in [-0.4, -0.2) is 6.30 Å². The van der Waals surface area contributed by atoms with Crippen molar-refractivity contribution in [3.63, 3.8) is 0 Å². The van der Waals surface area contributed by atoms with Crippen LogP contribution in [0, 0.1) is 0 Å². The number of hydrogen-bond donors (Lipinski definition) is 3. The predicted octanol–water partition coefficient (Wildman–Crippen LogP) is 2.40. The second-order valence-electron chi connectivity index (χ2n) is 4.35. The first-order valence-electron chi connectivity index (χ1n) is 6.25. The Bertz CT molecular complexity index is 502. The molecule has 0 saturated carbocycles. The summed E-state index contributed by atoms with van der Waals surface area (Å²) in [5, 5.41) is 0. The molecule has 0 radical (unpaired) electrons. The summed E-state index contributed by atoms with van der Waals surface area (Å²) < 4.78 is 13.7. The van der Waals surface area contributed by atoms with Gasteiger partial charge in [-0.25, -0.2) is 9.82 Å². The fraction of sp³-hybridized carbons (Fsp3) is 0.200. The van der Waals surface area contributed by atoms with Crippen molar-refractivity contribution in [2.24, 2.45) is 0 Å². The average Bonchev–Trinajstić information content (AvgIpc) is 2.42. The molecule has 4 heteroatoms. The second-order valence-corrected chi connectivity index (χ2v) is 4.35. The Hall–Kier alpha value is -1.91. The Morgan fingerprint density at radius 1 is 1.00 bits per heavy atom. The van der Waals surface area contributed by atoms with E-state index in [-0.39, 0.29) is 0 Å². The summed E-state index contributed by atoms with van der Waals surface area (Å²) >= 11 is 0. The van der Waals surface area contributed by atoms with E-state index in [9.17, 15) is 4.39 Å². The van der Waals surface area contributed by atoms with E-state index in [4.69, 9.17) is 5.73 Å². The molecule has 3 nitrogen and oxygen atoms in total. The van der Waals surface area contributed by atoms with Crippen LogP contribution in [0.25, 0.3) is 0 Å². The summed E-state index contributed by atoms with van der Waals surface area (Å²) in [4.78, 5) is 0. The molecule has 1 atom stereocenters. The maximum Gasteiger partial charge on any atom is 0.167 e. The van der Waals surface area contributed by atoms with Gasteiger partial charge >= 0.3 is 0 Å². The van der Waals surface area contributed by atoms with Gasteiger partial charge in [0.1, 0.15) is 0 Å². The maximum atomic E-state index is 13.7. The Kier molecular flexibility index (Phi) is 4.89. The molecule has 0 aliphatic carbocycles. The number of hydrazine groups is 1. The Labute approximate surface area is 112 Å². The number of para-hydroxylation sites is 1. The first-order chi connectivity index (χ1) is 9.25. The number of nitrogen functional groups attached to an aromatic ring is 1. The molecule has 2 aromatic rings. The lowest BCUT2D eigenvalue weighted by Crippen LogP contribution is -2.39. The van der Waals surface area contributed by atoms with E-state index in [1.54, 1.807) is 0 Å². The molecule has 0 fully saturated rings. The number of alkyl halides is 1. The molecule has 2 rings (SSSR count). The number of hydrogen-bond acceptors (Lipinski definition) is 3. The van der Waals surface area contributed by atoms with Crippen LogP contribution in [0.3, 0.4) is 0 Å². The van der Waals surface area contributed by atoms with Crippen molar-refractivity contribution < 1.29 is 4.39 Å². The van der Waals surface area contributed by atoms with Crippen LogP contribution in [0.5, 0.6) is 0 Å². The van der Waals surface area contributed by atoms with E-state index in [0.717, 1.165) is 11.1 Å². The van der Waals surface area contributed by atoms with Crippen LogP contribution in [0.2, 0.25) is 0 Å². The lowest BCUT2D eigenvalue weighted by atomic mass is 10.1. The Morgan fingerprint density at radius 3 is 2.42 bits per heavy atom. The van der Waals surface area contributed by atoms with Gasteiger partial charge in [-0.1, -0.05) is 48.5 Å². The summed E-state index contributed by atoms with van der Waals surface area (Å²) in [5.41, 5.74) is 13.9. The van der Waals surface area contributed by atoms with E-state index >= 15 is 0 Å². The topological polar surface area (TPSA) is 50.1 Å². The number of halogens is 1. The smallest absolute Gasteiger partial charge is 0.167 e. The number of nitrogens with two attached hydrogens (primary N) is 1. The fourth-order valence-electron chi connectivity index (χ4n) is 1.82. The first-order valence-corrected chi connectivity index (χ1v) is 6.25. The minimum atomic E-state index is -1.13. The molecule has 19 heavy (non-hydrogen) atoms. The van der Waals surface area contributed by atoms with Gasteiger partial charge in [0, 0.05) is 18.7 Å². The normalized spacial score (nSPS) is 12.3. The van der Waals surface area contributed by atoms with E-state index in [2.05, 4.69) is 10.9 Å². The molecular weight excluding hydrogens is 241 g/mol. The minimum absolute atomic E-state index is 0.331. The molecule has 0 heterocycles. The van der Waals surface area contributed by atoms with E-state index in [0.29, 0.717) is 18.7 Å². The van der Waals surface area contributed by atoms with E-state index < -0.39 is 6.30 Å². The lowest BCUT2D eigenvalue weighted by Gasteiger charge is -2.13. The highest BCUT2D eigenvalue weighted by atomic mass is 19.1. The van der Waals surface area contributed by atoms with Gasteiger partial charge in [-0.15, -0.1) is 0 Å². The van der Waals surface area contributed by atoms with Gasteiger partial charge in [0.05, 0.1) is 0 Å². The van der Waals surface area contributed by atoms with Crippen molar-refractivity contribution in [2.45, 2.75) is 19.3 Å². The summed E-state index contributed by atoms with van der Waals surface area (Å²) in [5.74, 6) is 0. The fourth-order valence-corrected chi connectivity index (χ4v) is 1.82. The largest absolute Gasteiger partial charge is 0.398 e.